The predicted molar refractivity (Wildman–Crippen MR) is 97.1 cm³/mol. The number of aryl methyl sites for hydroxylation is 1. The molecule has 0 saturated carbocycles. The van der Waals surface area contributed by atoms with Crippen molar-refractivity contribution in [3.8, 4) is 0 Å². The molecule has 4 heteroatoms. The molecule has 0 saturated heterocycles. The van der Waals surface area contributed by atoms with E-state index in [-0.39, 0.29) is 0 Å². The number of halogens is 1. The first-order valence-electron chi connectivity index (χ1n) is 6.95. The summed E-state index contributed by atoms with van der Waals surface area (Å²) in [7, 11) is 4.15. The molecule has 0 aliphatic heterocycles. The highest BCUT2D eigenvalue weighted by atomic mass is 127. The summed E-state index contributed by atoms with van der Waals surface area (Å²) in [6.45, 7) is 0. The molecule has 1 atom stereocenters. The summed E-state index contributed by atoms with van der Waals surface area (Å²) in [6.07, 6.45) is 3.77. The predicted octanol–water partition coefficient (Wildman–Crippen LogP) is 4.91. The van der Waals surface area contributed by atoms with Gasteiger partial charge in [-0.3, -0.25) is 0 Å². The lowest BCUT2D eigenvalue weighted by molar-refractivity contribution is 0.609. The summed E-state index contributed by atoms with van der Waals surface area (Å²) in [5, 5.41) is 3.70. The van der Waals surface area contributed by atoms with Gasteiger partial charge in [0.15, 0.2) is 0 Å². The first kappa shape index (κ1) is 14.2. The van der Waals surface area contributed by atoms with Crippen LogP contribution in [0.25, 0.3) is 0 Å². The monoisotopic (exact) mass is 398 g/mol. The number of benzene rings is 1. The Morgan fingerprint density at radius 2 is 2.00 bits per heavy atom. The lowest BCUT2D eigenvalue weighted by Crippen LogP contribution is -2.15. The lowest BCUT2D eigenvalue weighted by Gasteiger charge is -2.25. The van der Waals surface area contributed by atoms with Crippen LogP contribution < -0.4 is 10.2 Å². The van der Waals surface area contributed by atoms with E-state index < -0.39 is 0 Å². The van der Waals surface area contributed by atoms with Crippen LogP contribution in [0.4, 0.5) is 11.4 Å². The summed E-state index contributed by atoms with van der Waals surface area (Å²) in [5.74, 6) is 0. The van der Waals surface area contributed by atoms with Gasteiger partial charge in [0, 0.05) is 30.3 Å². The Morgan fingerprint density at radius 3 is 2.70 bits per heavy atom. The standard InChI is InChI=1S/C16H19IN2S/c1-19(2)12-8-6-11(7-9-12)18-14-4-3-5-15-13(14)10-16(17)20-15/h6-10,14,18H,3-5H2,1-2H3. The molecule has 20 heavy (non-hydrogen) atoms. The van der Waals surface area contributed by atoms with Gasteiger partial charge in [-0.25, -0.2) is 0 Å². The normalized spacial score (nSPS) is 17.6. The van der Waals surface area contributed by atoms with Crippen LogP contribution in [0, 0.1) is 2.88 Å². The van der Waals surface area contributed by atoms with Gasteiger partial charge in [-0.2, -0.15) is 0 Å². The summed E-state index contributed by atoms with van der Waals surface area (Å²) >= 11 is 4.39. The Morgan fingerprint density at radius 1 is 1.25 bits per heavy atom. The SMILES string of the molecule is CN(C)c1ccc(NC2CCCc3sc(I)cc32)cc1. The smallest absolute Gasteiger partial charge is 0.0660 e. The van der Waals surface area contributed by atoms with Crippen molar-refractivity contribution >= 4 is 45.3 Å². The first-order valence-corrected chi connectivity index (χ1v) is 8.85. The molecule has 106 valence electrons. The fraction of sp³-hybridized carbons (Fsp3) is 0.375. The average Bonchev–Trinajstić information content (AvgIpc) is 2.81. The van der Waals surface area contributed by atoms with E-state index in [1.165, 1.54) is 39.1 Å². The van der Waals surface area contributed by atoms with Gasteiger partial charge < -0.3 is 10.2 Å². The first-order chi connectivity index (χ1) is 9.63. The molecule has 0 bridgehead atoms. The fourth-order valence-corrected chi connectivity index (χ4v) is 4.85. The molecule has 0 radical (unpaired) electrons. The number of nitrogens with zero attached hydrogens (tertiary/aromatic N) is 1. The zero-order chi connectivity index (χ0) is 14.1. The molecule has 1 aromatic carbocycles. The van der Waals surface area contributed by atoms with E-state index in [2.05, 4.69) is 77.2 Å². The average molecular weight is 398 g/mol. The Bertz CT molecular complexity index is 589. The molecule has 2 nitrogen and oxygen atoms in total. The van der Waals surface area contributed by atoms with E-state index in [0.29, 0.717) is 6.04 Å². The van der Waals surface area contributed by atoms with Gasteiger partial charge in [0.1, 0.15) is 0 Å². The number of thiophene rings is 1. The molecule has 0 fully saturated rings. The summed E-state index contributed by atoms with van der Waals surface area (Å²) in [6, 6.07) is 11.5. The largest absolute Gasteiger partial charge is 0.378 e. The van der Waals surface area contributed by atoms with Crippen LogP contribution in [0.5, 0.6) is 0 Å². The van der Waals surface area contributed by atoms with Crippen molar-refractivity contribution in [1.29, 1.82) is 0 Å². The third-order valence-electron chi connectivity index (χ3n) is 3.81. The summed E-state index contributed by atoms with van der Waals surface area (Å²) < 4.78 is 1.41. The number of rotatable bonds is 3. The molecule has 1 aromatic heterocycles. The van der Waals surface area contributed by atoms with E-state index in [0.717, 1.165) is 0 Å². The molecule has 1 aliphatic rings. The minimum Gasteiger partial charge on any atom is -0.378 e. The van der Waals surface area contributed by atoms with Crippen LogP contribution in [0.3, 0.4) is 0 Å². The van der Waals surface area contributed by atoms with Crippen LogP contribution in [0.1, 0.15) is 29.3 Å². The minimum atomic E-state index is 0.476. The molecule has 1 unspecified atom stereocenters. The fourth-order valence-electron chi connectivity index (χ4n) is 2.73. The van der Waals surface area contributed by atoms with Crippen LogP contribution in [0.2, 0.25) is 0 Å². The van der Waals surface area contributed by atoms with Crippen LogP contribution >= 0.6 is 33.9 Å². The van der Waals surface area contributed by atoms with Crippen LogP contribution in [0.15, 0.2) is 30.3 Å². The molecule has 2 aromatic rings. The molecule has 1 N–H and O–H groups in total. The minimum absolute atomic E-state index is 0.476. The zero-order valence-electron chi connectivity index (χ0n) is 11.8. The van der Waals surface area contributed by atoms with Gasteiger partial charge in [-0.1, -0.05) is 0 Å². The molecule has 1 aliphatic carbocycles. The van der Waals surface area contributed by atoms with Crippen LogP contribution in [-0.2, 0) is 6.42 Å². The van der Waals surface area contributed by atoms with Crippen molar-refractivity contribution in [1.82, 2.24) is 0 Å². The Kier molecular flexibility index (Phi) is 4.21. The second-order valence-corrected chi connectivity index (χ2v) is 8.49. The molecule has 0 amide bonds. The quantitative estimate of drug-likeness (QED) is 0.740. The third-order valence-corrected chi connectivity index (χ3v) is 5.78. The number of anilines is 2. The lowest BCUT2D eigenvalue weighted by atomic mass is 9.94. The van der Waals surface area contributed by atoms with Crippen molar-refractivity contribution < 1.29 is 0 Å². The Labute approximate surface area is 138 Å². The van der Waals surface area contributed by atoms with Crippen LogP contribution in [-0.4, -0.2) is 14.1 Å². The van der Waals surface area contributed by atoms with E-state index in [9.17, 15) is 0 Å². The van der Waals surface area contributed by atoms with Crippen molar-refractivity contribution in [2.75, 3.05) is 24.3 Å². The maximum absolute atomic E-state index is 3.70. The van der Waals surface area contributed by atoms with Gasteiger partial charge in [0.2, 0.25) is 0 Å². The molecular weight excluding hydrogens is 379 g/mol. The van der Waals surface area contributed by atoms with E-state index in [1.54, 1.807) is 4.88 Å². The van der Waals surface area contributed by atoms with E-state index >= 15 is 0 Å². The number of fused-ring (bicyclic) bond motifs is 1. The highest BCUT2D eigenvalue weighted by Gasteiger charge is 2.22. The van der Waals surface area contributed by atoms with Crippen molar-refractivity contribution in [3.63, 3.8) is 0 Å². The highest BCUT2D eigenvalue weighted by Crippen LogP contribution is 2.38. The Hall–Kier alpha value is -0.750. The van der Waals surface area contributed by atoms with Gasteiger partial charge in [0.25, 0.3) is 0 Å². The Balaban J connectivity index is 1.78. The second-order valence-electron chi connectivity index (χ2n) is 5.46. The van der Waals surface area contributed by atoms with Gasteiger partial charge in [0.05, 0.1) is 8.93 Å². The summed E-state index contributed by atoms with van der Waals surface area (Å²) in [4.78, 5) is 3.70. The van der Waals surface area contributed by atoms with Crippen molar-refractivity contribution in [2.45, 2.75) is 25.3 Å². The maximum Gasteiger partial charge on any atom is 0.0660 e. The molecule has 3 rings (SSSR count). The zero-order valence-corrected chi connectivity index (χ0v) is 14.8. The number of nitrogens with one attached hydrogen (secondary N) is 1. The highest BCUT2D eigenvalue weighted by molar-refractivity contribution is 14.1. The van der Waals surface area contributed by atoms with E-state index in [4.69, 9.17) is 0 Å². The molecular formula is C16H19IN2S. The van der Waals surface area contributed by atoms with Gasteiger partial charge >= 0.3 is 0 Å². The summed E-state index contributed by atoms with van der Waals surface area (Å²) in [5.41, 5.74) is 3.97. The second kappa shape index (κ2) is 5.93. The number of hydrogen-bond acceptors (Lipinski definition) is 3. The third kappa shape index (κ3) is 2.96. The van der Waals surface area contributed by atoms with E-state index in [1.807, 2.05) is 11.3 Å². The van der Waals surface area contributed by atoms with Gasteiger partial charge in [-0.05, 0) is 77.7 Å². The topological polar surface area (TPSA) is 15.3 Å². The number of hydrogen-bond donors (Lipinski definition) is 1. The molecule has 1 heterocycles. The van der Waals surface area contributed by atoms with Crippen molar-refractivity contribution in [3.05, 3.63) is 43.7 Å². The van der Waals surface area contributed by atoms with Gasteiger partial charge in [-0.15, -0.1) is 11.3 Å². The van der Waals surface area contributed by atoms with Crippen molar-refractivity contribution in [2.24, 2.45) is 0 Å². The maximum atomic E-state index is 3.70. The molecule has 0 spiro atoms.